The summed E-state index contributed by atoms with van der Waals surface area (Å²) in [6, 6.07) is 1.67. The van der Waals surface area contributed by atoms with Crippen LogP contribution >= 0.6 is 0 Å². The molecule has 1 saturated heterocycles. The van der Waals surface area contributed by atoms with E-state index in [1.54, 1.807) is 40.3 Å². The number of nitrogens with zero attached hydrogens (tertiary/aromatic N) is 3. The number of aromatic nitrogens is 1. The van der Waals surface area contributed by atoms with Gasteiger partial charge in [0.05, 0.1) is 0 Å². The minimum absolute atomic E-state index is 0.216. The van der Waals surface area contributed by atoms with E-state index in [0.29, 0.717) is 55.4 Å². The van der Waals surface area contributed by atoms with Crippen LogP contribution in [-0.4, -0.2) is 62.1 Å². The molecule has 37 heavy (non-hydrogen) atoms. The van der Waals surface area contributed by atoms with Crippen LogP contribution in [0.3, 0.4) is 0 Å². The number of allylic oxidation sites excluding steroid dienone is 3. The number of pyridine rings is 1. The van der Waals surface area contributed by atoms with Gasteiger partial charge in [0, 0.05) is 37.9 Å². The Morgan fingerprint density at radius 2 is 1.89 bits per heavy atom. The van der Waals surface area contributed by atoms with E-state index in [4.69, 9.17) is 10.8 Å². The molecule has 0 saturated carbocycles. The fourth-order valence-electron chi connectivity index (χ4n) is 4.05. The third kappa shape index (κ3) is 7.95. The Kier molecular flexibility index (Phi) is 10.5. The zero-order valence-corrected chi connectivity index (χ0v) is 22.6. The predicted molar refractivity (Wildman–Crippen MR) is 147 cm³/mol. The van der Waals surface area contributed by atoms with E-state index in [1.165, 1.54) is 13.8 Å². The van der Waals surface area contributed by atoms with Gasteiger partial charge in [-0.25, -0.2) is 0 Å². The van der Waals surface area contributed by atoms with Crippen molar-refractivity contribution in [3.63, 3.8) is 0 Å². The summed E-state index contributed by atoms with van der Waals surface area (Å²) in [4.78, 5) is 32.7. The van der Waals surface area contributed by atoms with E-state index in [0.717, 1.165) is 24.0 Å². The van der Waals surface area contributed by atoms with Crippen molar-refractivity contribution in [1.29, 1.82) is 10.8 Å². The van der Waals surface area contributed by atoms with Crippen molar-refractivity contribution in [3.05, 3.63) is 65.2 Å². The first-order valence-corrected chi connectivity index (χ1v) is 12.8. The van der Waals surface area contributed by atoms with Gasteiger partial charge in [-0.3, -0.25) is 25.4 Å². The number of amidine groups is 2. The first kappa shape index (κ1) is 29.6. The van der Waals surface area contributed by atoms with E-state index in [2.05, 4.69) is 16.9 Å². The van der Waals surface area contributed by atoms with Gasteiger partial charge >= 0.3 is 0 Å². The summed E-state index contributed by atoms with van der Waals surface area (Å²) in [5.41, 5.74) is 1.66. The molecular formula is C28H40N6O3. The molecule has 3 rings (SSSR count). The molecule has 0 aromatic carbocycles. The maximum absolute atomic E-state index is 12.7. The minimum Gasteiger partial charge on any atom is -0.381 e. The van der Waals surface area contributed by atoms with Crippen molar-refractivity contribution < 1.29 is 14.7 Å². The Balaban J connectivity index is 0.00000235. The fraction of sp³-hybridized carbons (Fsp3) is 0.464. The average Bonchev–Trinajstić information content (AvgIpc) is 2.88. The molecule has 9 nitrogen and oxygen atoms in total. The topological polar surface area (TPSA) is 133 Å². The molecule has 4 N–H and O–H groups in total. The van der Waals surface area contributed by atoms with Crippen LogP contribution in [0.4, 0.5) is 0 Å². The number of likely N-dealkylation sites (tertiary alicyclic amines) is 1. The van der Waals surface area contributed by atoms with Gasteiger partial charge < -0.3 is 20.2 Å². The minimum atomic E-state index is -1.45. The van der Waals surface area contributed by atoms with E-state index in [-0.39, 0.29) is 11.6 Å². The highest BCUT2D eigenvalue weighted by molar-refractivity contribution is 6.06. The van der Waals surface area contributed by atoms with Gasteiger partial charge in [-0.1, -0.05) is 32.6 Å². The summed E-state index contributed by atoms with van der Waals surface area (Å²) >= 11 is 0. The Morgan fingerprint density at radius 3 is 2.54 bits per heavy atom. The lowest BCUT2D eigenvalue weighted by Crippen LogP contribution is -2.47. The highest BCUT2D eigenvalue weighted by atomic mass is 16.3. The normalized spacial score (nSPS) is 16.1. The van der Waals surface area contributed by atoms with Gasteiger partial charge in [0.2, 0.25) is 0 Å². The van der Waals surface area contributed by atoms with E-state index in [9.17, 15) is 14.7 Å². The second-order valence-corrected chi connectivity index (χ2v) is 9.47. The van der Waals surface area contributed by atoms with Gasteiger partial charge in [0.25, 0.3) is 11.8 Å². The van der Waals surface area contributed by atoms with Crippen molar-refractivity contribution in [1.82, 2.24) is 20.1 Å². The van der Waals surface area contributed by atoms with Crippen LogP contribution in [0.1, 0.15) is 75.5 Å². The van der Waals surface area contributed by atoms with Crippen molar-refractivity contribution in [2.45, 2.75) is 72.4 Å². The number of hydrogen-bond acceptors (Lipinski definition) is 6. The smallest absolute Gasteiger partial charge is 0.274 e. The number of rotatable bonds is 6. The molecule has 200 valence electrons. The summed E-state index contributed by atoms with van der Waals surface area (Å²) in [5.74, 6) is 0.0192. The van der Waals surface area contributed by atoms with Gasteiger partial charge in [0.15, 0.2) is 0 Å². The lowest BCUT2D eigenvalue weighted by atomic mass is 9.99. The molecule has 0 bridgehead atoms. The number of fused-ring (bicyclic) bond motifs is 1. The molecule has 0 spiro atoms. The molecule has 0 radical (unpaired) electrons. The van der Waals surface area contributed by atoms with Crippen molar-refractivity contribution in [2.24, 2.45) is 0 Å². The fourth-order valence-corrected chi connectivity index (χ4v) is 4.05. The molecule has 9 heteroatoms. The molecule has 1 fully saturated rings. The van der Waals surface area contributed by atoms with E-state index >= 15 is 0 Å². The molecule has 1 aromatic rings. The molecule has 0 atom stereocenters. The van der Waals surface area contributed by atoms with Crippen molar-refractivity contribution in [2.75, 3.05) is 13.1 Å². The monoisotopic (exact) mass is 508 g/mol. The average molecular weight is 509 g/mol. The third-order valence-corrected chi connectivity index (χ3v) is 6.07. The van der Waals surface area contributed by atoms with Gasteiger partial charge in [-0.05, 0) is 68.9 Å². The standard InChI is InChI=1S/C26H34N6O3.C2H6/c1-17(23(28)32-12-6-5-10-22(32)27)8-7-9-18(2)30-24(33)21-14-20-16-31(25(34)26(3,4)35)13-11-19(20)15-29-21;1-2/h7-9,14-15,27-28,35H,2,5-6,10-13,16H2,1,3-4H3,(H,30,33);1-2H3/b9-7-,17-8+,27-22?,28-23?;. The molecule has 0 unspecified atom stereocenters. The quantitative estimate of drug-likeness (QED) is 0.262. The largest absolute Gasteiger partial charge is 0.381 e. The van der Waals surface area contributed by atoms with Gasteiger partial charge in [-0.2, -0.15) is 0 Å². The first-order chi connectivity index (χ1) is 17.5. The number of carbonyl (C=O) groups excluding carboxylic acids is 2. The maximum atomic E-state index is 12.7. The number of piperidine rings is 1. The molecular weight excluding hydrogens is 468 g/mol. The maximum Gasteiger partial charge on any atom is 0.274 e. The zero-order valence-electron chi connectivity index (χ0n) is 22.6. The second kappa shape index (κ2) is 13.1. The molecule has 3 heterocycles. The number of hydrogen-bond donors (Lipinski definition) is 4. The summed E-state index contributed by atoms with van der Waals surface area (Å²) in [5, 5.41) is 29.1. The summed E-state index contributed by atoms with van der Waals surface area (Å²) in [7, 11) is 0. The van der Waals surface area contributed by atoms with Gasteiger partial charge in [0.1, 0.15) is 23.0 Å². The molecule has 2 aliphatic heterocycles. The lowest BCUT2D eigenvalue weighted by Gasteiger charge is -2.32. The SMILES string of the molecule is C=C(/C=C\C=C(/C)C(=N)N1CCCCC1=N)NC(=O)c1cc2c(cn1)CCN(C(=O)C(C)(C)O)C2.CC. The highest BCUT2D eigenvalue weighted by Crippen LogP contribution is 2.22. The van der Waals surface area contributed by atoms with E-state index < -0.39 is 11.5 Å². The van der Waals surface area contributed by atoms with Gasteiger partial charge in [-0.15, -0.1) is 0 Å². The molecule has 1 aromatic heterocycles. The Bertz CT molecular complexity index is 1110. The third-order valence-electron chi connectivity index (χ3n) is 6.07. The van der Waals surface area contributed by atoms with Crippen LogP contribution in [0, 0.1) is 10.8 Å². The summed E-state index contributed by atoms with van der Waals surface area (Å²) in [6.45, 7) is 14.1. The predicted octanol–water partition coefficient (Wildman–Crippen LogP) is 3.95. The Hall–Kier alpha value is -3.59. The van der Waals surface area contributed by atoms with Crippen LogP contribution < -0.4 is 5.32 Å². The second-order valence-electron chi connectivity index (χ2n) is 9.47. The summed E-state index contributed by atoms with van der Waals surface area (Å²) < 4.78 is 0. The Morgan fingerprint density at radius 1 is 1.19 bits per heavy atom. The Labute approximate surface area is 220 Å². The number of nitrogens with one attached hydrogen (secondary N) is 3. The summed E-state index contributed by atoms with van der Waals surface area (Å²) in [6.07, 6.45) is 10.0. The van der Waals surface area contributed by atoms with Crippen molar-refractivity contribution in [3.8, 4) is 0 Å². The van der Waals surface area contributed by atoms with Crippen LogP contribution in [0.15, 0.2) is 48.3 Å². The van der Waals surface area contributed by atoms with E-state index in [1.807, 2.05) is 20.8 Å². The lowest BCUT2D eigenvalue weighted by molar-refractivity contribution is -0.148. The highest BCUT2D eigenvalue weighted by Gasteiger charge is 2.31. The van der Waals surface area contributed by atoms with Crippen LogP contribution in [-0.2, 0) is 17.8 Å². The van der Waals surface area contributed by atoms with Crippen LogP contribution in [0.25, 0.3) is 0 Å². The zero-order chi connectivity index (χ0) is 27.8. The number of aliphatic hydroxyl groups is 1. The number of amides is 2. The van der Waals surface area contributed by atoms with Crippen molar-refractivity contribution >= 4 is 23.5 Å². The van der Waals surface area contributed by atoms with Crippen LogP contribution in [0.2, 0.25) is 0 Å². The van der Waals surface area contributed by atoms with Crippen LogP contribution in [0.5, 0.6) is 0 Å². The molecule has 0 aliphatic carbocycles. The molecule has 2 aliphatic rings. The first-order valence-electron chi connectivity index (χ1n) is 12.8. The molecule has 2 amide bonds. The number of carbonyl (C=O) groups is 2.